The van der Waals surface area contributed by atoms with Crippen LogP contribution in [0.5, 0.6) is 0 Å². The van der Waals surface area contributed by atoms with E-state index in [1.54, 1.807) is 13.0 Å². The van der Waals surface area contributed by atoms with E-state index in [9.17, 15) is 0 Å². The van der Waals surface area contributed by atoms with E-state index in [2.05, 4.69) is 16.6 Å². The number of aromatic nitrogens is 1. The highest BCUT2D eigenvalue weighted by Gasteiger charge is 2.05. The molecule has 0 spiro atoms. The van der Waals surface area contributed by atoms with Gasteiger partial charge in [0.15, 0.2) is 5.89 Å². The van der Waals surface area contributed by atoms with Gasteiger partial charge in [0, 0.05) is 12.6 Å². The van der Waals surface area contributed by atoms with Crippen molar-refractivity contribution in [2.75, 3.05) is 0 Å². The van der Waals surface area contributed by atoms with Crippen molar-refractivity contribution >= 4 is 17.7 Å². The van der Waals surface area contributed by atoms with Crippen molar-refractivity contribution in [3.05, 3.63) is 18.2 Å². The molecule has 0 atom stereocenters. The molecule has 1 rings (SSSR count). The lowest BCUT2D eigenvalue weighted by molar-refractivity contribution is 0.531. The topological polar surface area (TPSA) is 38.4 Å². The number of hydrogen-bond acceptors (Lipinski definition) is 3. The Morgan fingerprint density at radius 1 is 1.25 bits per heavy atom. The highest BCUT2D eigenvalue weighted by Crippen LogP contribution is 2.21. The van der Waals surface area contributed by atoms with Crippen molar-refractivity contribution < 1.29 is 4.42 Å². The monoisotopic (exact) mass is 224 g/mol. The van der Waals surface area contributed by atoms with Gasteiger partial charge in [-0.3, -0.25) is 0 Å². The van der Waals surface area contributed by atoms with Crippen molar-refractivity contribution in [1.82, 2.24) is 4.98 Å². The number of aliphatic imine (C=N–C) groups is 1. The molecule has 0 saturated carbocycles. The lowest BCUT2D eigenvalue weighted by atomic mass is 10.4. The van der Waals surface area contributed by atoms with Crippen LogP contribution in [-0.2, 0) is 0 Å². The first-order valence-electron chi connectivity index (χ1n) is 5.75. The van der Waals surface area contributed by atoms with Gasteiger partial charge in [0.1, 0.15) is 5.69 Å². The second-order valence-electron chi connectivity index (χ2n) is 2.69. The highest BCUT2D eigenvalue weighted by molar-refractivity contribution is 5.82. The van der Waals surface area contributed by atoms with Crippen LogP contribution < -0.4 is 0 Å². The molecule has 0 saturated heterocycles. The molecule has 1 aromatic rings. The Labute approximate surface area is 99.3 Å². The second kappa shape index (κ2) is 10.1. The van der Waals surface area contributed by atoms with Gasteiger partial charge in [-0.25, -0.2) is 9.98 Å². The van der Waals surface area contributed by atoms with Crippen molar-refractivity contribution in [2.24, 2.45) is 4.99 Å². The van der Waals surface area contributed by atoms with E-state index >= 15 is 0 Å². The lowest BCUT2D eigenvalue weighted by Gasteiger charge is -1.88. The number of hydrogen-bond donors (Lipinski definition) is 0. The molecule has 0 radical (unpaired) electrons. The molecule has 0 aromatic carbocycles. The molecule has 3 heteroatoms. The molecule has 0 fully saturated rings. The molecule has 16 heavy (non-hydrogen) atoms. The van der Waals surface area contributed by atoms with E-state index in [0.717, 1.165) is 5.71 Å². The Morgan fingerprint density at radius 3 is 2.12 bits per heavy atom. The van der Waals surface area contributed by atoms with Crippen LogP contribution in [0.1, 0.15) is 53.1 Å². The summed E-state index contributed by atoms with van der Waals surface area (Å²) in [5.41, 5.74) is 1.64. The lowest BCUT2D eigenvalue weighted by Crippen LogP contribution is -1.78. The van der Waals surface area contributed by atoms with Gasteiger partial charge in [-0.05, 0) is 19.9 Å². The van der Waals surface area contributed by atoms with Crippen LogP contribution in [0.25, 0.3) is 6.08 Å². The molecule has 0 bridgehead atoms. The maximum Gasteiger partial charge on any atom is 0.246 e. The number of rotatable bonds is 2. The zero-order chi connectivity index (χ0) is 13.1. The van der Waals surface area contributed by atoms with Crippen LogP contribution in [0, 0.1) is 6.92 Å². The number of aryl methyl sites for hydroxylation is 1. The molecular weight excluding hydrogens is 200 g/mol. The summed E-state index contributed by atoms with van der Waals surface area (Å²) in [6.45, 7) is 17.2. The van der Waals surface area contributed by atoms with Crippen molar-refractivity contribution in [2.45, 2.75) is 48.5 Å². The van der Waals surface area contributed by atoms with Crippen molar-refractivity contribution in [3.63, 3.8) is 0 Å². The fraction of sp³-hybridized carbons (Fsp3) is 0.538. The van der Waals surface area contributed by atoms with Gasteiger partial charge in [-0.1, -0.05) is 34.3 Å². The molecule has 92 valence electrons. The summed E-state index contributed by atoms with van der Waals surface area (Å²) < 4.78 is 5.25. The van der Waals surface area contributed by atoms with E-state index in [0.29, 0.717) is 17.5 Å². The molecule has 0 aliphatic heterocycles. The quantitative estimate of drug-likeness (QED) is 0.677. The molecule has 0 amide bonds. The standard InChI is InChI=1S/C9H12N2O.2C2H6/c1-5-8-9(10-6(2)3)12-7(4)11-8;2*1-2/h5H,1H2,2-4H3;2*1-2H3. The fourth-order valence-corrected chi connectivity index (χ4v) is 0.849. The minimum absolute atomic E-state index is 0.544. The second-order valence-corrected chi connectivity index (χ2v) is 2.69. The van der Waals surface area contributed by atoms with Crippen LogP contribution in [0.4, 0.5) is 5.88 Å². The minimum atomic E-state index is 0.544. The Balaban J connectivity index is 0. The molecule has 0 unspecified atom stereocenters. The van der Waals surface area contributed by atoms with Crippen LogP contribution in [0.2, 0.25) is 0 Å². The zero-order valence-electron chi connectivity index (χ0n) is 11.6. The third-order valence-electron chi connectivity index (χ3n) is 1.26. The highest BCUT2D eigenvalue weighted by atomic mass is 16.4. The summed E-state index contributed by atoms with van der Waals surface area (Å²) in [6, 6.07) is 0. The van der Waals surface area contributed by atoms with Crippen LogP contribution >= 0.6 is 0 Å². The molecule has 1 aromatic heterocycles. The Hall–Kier alpha value is -1.38. The van der Waals surface area contributed by atoms with Crippen LogP contribution in [0.15, 0.2) is 16.0 Å². The maximum absolute atomic E-state index is 5.25. The number of oxazole rings is 1. The average molecular weight is 224 g/mol. The fourth-order valence-electron chi connectivity index (χ4n) is 0.849. The van der Waals surface area contributed by atoms with Crippen LogP contribution in [-0.4, -0.2) is 10.7 Å². The third-order valence-corrected chi connectivity index (χ3v) is 1.26. The molecule has 0 aliphatic rings. The van der Waals surface area contributed by atoms with E-state index < -0.39 is 0 Å². The summed E-state index contributed by atoms with van der Waals surface area (Å²) in [7, 11) is 0. The normalized spacial score (nSPS) is 7.94. The van der Waals surface area contributed by atoms with E-state index in [-0.39, 0.29) is 0 Å². The first-order valence-corrected chi connectivity index (χ1v) is 5.75. The minimum Gasteiger partial charge on any atom is -0.423 e. The predicted octanol–water partition coefficient (Wildman–Crippen LogP) is 4.79. The molecule has 0 N–H and O–H groups in total. The van der Waals surface area contributed by atoms with E-state index in [1.165, 1.54) is 0 Å². The van der Waals surface area contributed by atoms with Crippen molar-refractivity contribution in [3.8, 4) is 0 Å². The first-order chi connectivity index (χ1) is 7.63. The molecule has 3 nitrogen and oxygen atoms in total. The first kappa shape index (κ1) is 17.0. The maximum atomic E-state index is 5.25. The molecule has 1 heterocycles. The predicted molar refractivity (Wildman–Crippen MR) is 72.5 cm³/mol. The number of nitrogens with zero attached hydrogens (tertiary/aromatic N) is 2. The van der Waals surface area contributed by atoms with Gasteiger partial charge in [-0.2, -0.15) is 0 Å². The Morgan fingerprint density at radius 2 is 1.75 bits per heavy atom. The summed E-state index contributed by atoms with van der Waals surface area (Å²) in [4.78, 5) is 8.26. The van der Waals surface area contributed by atoms with Gasteiger partial charge < -0.3 is 4.42 Å². The third kappa shape index (κ3) is 6.17. The Bertz CT molecular complexity index is 321. The SMILES string of the molecule is C=Cc1nc(C)oc1N=C(C)C.CC.CC. The zero-order valence-corrected chi connectivity index (χ0v) is 11.6. The molecular formula is C13H24N2O. The van der Waals surface area contributed by atoms with E-state index in [1.807, 2.05) is 41.5 Å². The summed E-state index contributed by atoms with van der Waals surface area (Å²) in [5.74, 6) is 1.16. The summed E-state index contributed by atoms with van der Waals surface area (Å²) in [6.07, 6.45) is 1.64. The summed E-state index contributed by atoms with van der Waals surface area (Å²) >= 11 is 0. The molecule has 0 aliphatic carbocycles. The smallest absolute Gasteiger partial charge is 0.246 e. The van der Waals surface area contributed by atoms with Crippen LogP contribution in [0.3, 0.4) is 0 Å². The van der Waals surface area contributed by atoms with E-state index in [4.69, 9.17) is 4.42 Å². The van der Waals surface area contributed by atoms with Gasteiger partial charge >= 0.3 is 0 Å². The summed E-state index contributed by atoms with van der Waals surface area (Å²) in [5, 5.41) is 0. The van der Waals surface area contributed by atoms with Gasteiger partial charge in [0.05, 0.1) is 0 Å². The Kier molecular flexibility index (Phi) is 10.8. The van der Waals surface area contributed by atoms with Gasteiger partial charge in [0.2, 0.25) is 5.88 Å². The van der Waals surface area contributed by atoms with Gasteiger partial charge in [-0.15, -0.1) is 0 Å². The van der Waals surface area contributed by atoms with Gasteiger partial charge in [0.25, 0.3) is 0 Å². The largest absolute Gasteiger partial charge is 0.423 e. The average Bonchev–Trinajstić information content (AvgIpc) is 2.63. The van der Waals surface area contributed by atoms with Crippen molar-refractivity contribution in [1.29, 1.82) is 0 Å².